The van der Waals surface area contributed by atoms with Gasteiger partial charge >= 0.3 is 0 Å². The fourth-order valence-corrected chi connectivity index (χ4v) is 9.81. The third-order valence-corrected chi connectivity index (χ3v) is 10.2. The van der Waals surface area contributed by atoms with Crippen LogP contribution in [0.15, 0.2) is 24.3 Å². The number of hydrogen-bond acceptors (Lipinski definition) is 3. The van der Waals surface area contributed by atoms with Crippen molar-refractivity contribution < 1.29 is 0 Å². The highest BCUT2D eigenvalue weighted by atomic mass is 15.4. The summed E-state index contributed by atoms with van der Waals surface area (Å²) >= 11 is 0. The minimum atomic E-state index is -0.478. The van der Waals surface area contributed by atoms with Gasteiger partial charge in [0.05, 0.1) is 34.0 Å². The zero-order valence-electron chi connectivity index (χ0n) is 17.7. The first-order valence-corrected chi connectivity index (χ1v) is 11.6. The summed E-state index contributed by atoms with van der Waals surface area (Å²) in [6.45, 7) is 9.10. The zero-order valence-corrected chi connectivity index (χ0v) is 17.7. The first-order valence-electron chi connectivity index (χ1n) is 11.6. The van der Waals surface area contributed by atoms with E-state index in [9.17, 15) is 10.5 Å². The standard InChI is InChI=1S/C25H31N5/c1-15-22(13-26)5-17-3-18(6-22)10-24(15,9-17)30(21(28)29)25-11-19-4-20(12-25)8-23(7-19,14-27)16(25)2/h17-20H,1-12H2,(H3,28,29). The van der Waals surface area contributed by atoms with Crippen molar-refractivity contribution in [3.8, 4) is 12.1 Å². The molecule has 0 amide bonds. The van der Waals surface area contributed by atoms with Gasteiger partial charge in [0, 0.05) is 0 Å². The summed E-state index contributed by atoms with van der Waals surface area (Å²) in [5, 5.41) is 29.3. The lowest BCUT2D eigenvalue weighted by Gasteiger charge is -2.71. The van der Waals surface area contributed by atoms with Gasteiger partial charge in [-0.25, -0.2) is 0 Å². The van der Waals surface area contributed by atoms with Crippen molar-refractivity contribution in [1.82, 2.24) is 4.90 Å². The molecule has 5 nitrogen and oxygen atoms in total. The maximum Gasteiger partial charge on any atom is 0.189 e. The van der Waals surface area contributed by atoms with Crippen LogP contribution in [0.1, 0.15) is 64.2 Å². The summed E-state index contributed by atoms with van der Waals surface area (Å²) in [7, 11) is 0. The Kier molecular flexibility index (Phi) is 3.27. The van der Waals surface area contributed by atoms with E-state index in [1.807, 2.05) is 0 Å². The molecule has 8 rings (SSSR count). The van der Waals surface area contributed by atoms with Crippen molar-refractivity contribution in [2.75, 3.05) is 0 Å². The van der Waals surface area contributed by atoms with E-state index in [1.165, 1.54) is 12.8 Å². The molecule has 0 heterocycles. The van der Waals surface area contributed by atoms with Gasteiger partial charge in [0.2, 0.25) is 0 Å². The van der Waals surface area contributed by atoms with Gasteiger partial charge in [0.25, 0.3) is 0 Å². The zero-order chi connectivity index (χ0) is 21.1. The lowest BCUT2D eigenvalue weighted by molar-refractivity contribution is -0.111. The predicted molar refractivity (Wildman–Crippen MR) is 114 cm³/mol. The van der Waals surface area contributed by atoms with Gasteiger partial charge in [-0.05, 0) is 99.0 Å². The number of hydrogen-bond donors (Lipinski definition) is 2. The van der Waals surface area contributed by atoms with Crippen molar-refractivity contribution >= 4 is 5.96 Å². The highest BCUT2D eigenvalue weighted by molar-refractivity contribution is 5.79. The molecule has 3 N–H and O–H groups in total. The highest BCUT2D eigenvalue weighted by Crippen LogP contribution is 2.71. The van der Waals surface area contributed by atoms with Gasteiger partial charge in [0.1, 0.15) is 0 Å². The summed E-state index contributed by atoms with van der Waals surface area (Å²) in [5.41, 5.74) is 6.60. The van der Waals surface area contributed by atoms with Crippen LogP contribution in [0.4, 0.5) is 0 Å². The number of rotatable bonds is 2. The smallest absolute Gasteiger partial charge is 0.189 e. The largest absolute Gasteiger partial charge is 0.370 e. The molecular formula is C25H31N5. The van der Waals surface area contributed by atoms with E-state index in [4.69, 9.17) is 11.1 Å². The molecule has 8 aliphatic rings. The molecule has 0 aromatic rings. The van der Waals surface area contributed by atoms with E-state index >= 15 is 0 Å². The van der Waals surface area contributed by atoms with E-state index in [0.717, 1.165) is 62.5 Å². The summed E-state index contributed by atoms with van der Waals surface area (Å²) < 4.78 is 0. The normalized spacial score (nSPS) is 52.2. The van der Waals surface area contributed by atoms with E-state index < -0.39 is 21.9 Å². The molecule has 8 saturated carbocycles. The lowest BCUT2D eigenvalue weighted by atomic mass is 9.41. The molecule has 4 atom stereocenters. The molecule has 0 aromatic heterocycles. The quantitative estimate of drug-likeness (QED) is 0.410. The first-order chi connectivity index (χ1) is 14.2. The fourth-order valence-electron chi connectivity index (χ4n) is 9.81. The van der Waals surface area contributed by atoms with Crippen LogP contribution >= 0.6 is 0 Å². The third-order valence-electron chi connectivity index (χ3n) is 10.2. The summed E-state index contributed by atoms with van der Waals surface area (Å²) in [6, 6.07) is 5.34. The van der Waals surface area contributed by atoms with Gasteiger partial charge < -0.3 is 10.6 Å². The van der Waals surface area contributed by atoms with Crippen molar-refractivity contribution in [3.63, 3.8) is 0 Å². The van der Waals surface area contributed by atoms with Crippen LogP contribution in [0, 0.1) is 62.6 Å². The van der Waals surface area contributed by atoms with Crippen LogP contribution in [0.3, 0.4) is 0 Å². The van der Waals surface area contributed by atoms with Crippen molar-refractivity contribution in [2.24, 2.45) is 40.2 Å². The molecule has 30 heavy (non-hydrogen) atoms. The second kappa shape index (κ2) is 5.31. The number of nitriles is 2. The highest BCUT2D eigenvalue weighted by Gasteiger charge is 2.70. The SMILES string of the molecule is C=C1C2(C#N)CC3CC(C2)CC1(N(C(=N)N)C12CC4CC(CC(C#N)(C4)C1=C)C2)C3. The number of guanidine groups is 1. The van der Waals surface area contributed by atoms with E-state index in [-0.39, 0.29) is 5.96 Å². The molecule has 156 valence electrons. The van der Waals surface area contributed by atoms with Crippen LogP contribution in [0.5, 0.6) is 0 Å². The third kappa shape index (κ3) is 1.87. The molecule has 0 spiro atoms. The Bertz CT molecular complexity index is 876. The van der Waals surface area contributed by atoms with Gasteiger partial charge in [-0.2, -0.15) is 10.5 Å². The maximum atomic E-state index is 10.2. The minimum Gasteiger partial charge on any atom is -0.370 e. The molecular weight excluding hydrogens is 370 g/mol. The summed E-state index contributed by atoms with van der Waals surface area (Å²) in [5.74, 6) is 2.07. The van der Waals surface area contributed by atoms with Gasteiger partial charge in [-0.15, -0.1) is 0 Å². The second-order valence-electron chi connectivity index (χ2n) is 11.7. The molecule has 4 unspecified atom stereocenters. The van der Waals surface area contributed by atoms with E-state index in [2.05, 4.69) is 30.2 Å². The number of nitrogens with one attached hydrogen (secondary N) is 1. The van der Waals surface area contributed by atoms with Gasteiger partial charge in [-0.3, -0.25) is 5.41 Å². The number of nitrogens with zero attached hydrogens (tertiary/aromatic N) is 3. The van der Waals surface area contributed by atoms with Crippen molar-refractivity contribution in [2.45, 2.75) is 75.3 Å². The van der Waals surface area contributed by atoms with Crippen LogP contribution < -0.4 is 5.73 Å². The summed E-state index contributed by atoms with van der Waals surface area (Å²) in [4.78, 5) is 2.19. The van der Waals surface area contributed by atoms with E-state index in [1.54, 1.807) is 0 Å². The first kappa shape index (κ1) is 18.5. The molecule has 8 bridgehead atoms. The Balaban J connectivity index is 1.54. The lowest BCUT2D eigenvalue weighted by Crippen LogP contribution is -2.76. The second-order valence-corrected chi connectivity index (χ2v) is 11.7. The molecule has 0 radical (unpaired) electrons. The molecule has 5 heteroatoms. The average molecular weight is 402 g/mol. The van der Waals surface area contributed by atoms with Crippen LogP contribution in [0.2, 0.25) is 0 Å². The Morgan fingerprint density at radius 1 is 0.800 bits per heavy atom. The monoisotopic (exact) mass is 401 g/mol. The topological polar surface area (TPSA) is 101 Å². The maximum absolute atomic E-state index is 10.2. The van der Waals surface area contributed by atoms with Gasteiger partial charge in [-0.1, -0.05) is 13.2 Å². The van der Waals surface area contributed by atoms with Crippen LogP contribution in [-0.4, -0.2) is 21.9 Å². The summed E-state index contributed by atoms with van der Waals surface area (Å²) in [6.07, 6.45) is 9.77. The van der Waals surface area contributed by atoms with Crippen molar-refractivity contribution in [3.05, 3.63) is 24.3 Å². The van der Waals surface area contributed by atoms with E-state index in [0.29, 0.717) is 23.7 Å². The predicted octanol–water partition coefficient (Wildman–Crippen LogP) is 4.24. The minimum absolute atomic E-state index is 0.0855. The molecule has 0 aromatic carbocycles. The van der Waals surface area contributed by atoms with Gasteiger partial charge in [0.15, 0.2) is 5.96 Å². The Morgan fingerprint density at radius 2 is 1.13 bits per heavy atom. The molecule has 8 aliphatic carbocycles. The number of nitrogens with two attached hydrogens (primary N) is 1. The Morgan fingerprint density at radius 3 is 1.40 bits per heavy atom. The molecule has 8 fully saturated rings. The molecule has 0 aliphatic heterocycles. The Labute approximate surface area is 179 Å². The fraction of sp³-hybridized carbons (Fsp3) is 0.720. The molecule has 0 saturated heterocycles. The Hall–Kier alpha value is -2.27. The van der Waals surface area contributed by atoms with Crippen LogP contribution in [0.25, 0.3) is 0 Å². The van der Waals surface area contributed by atoms with Crippen LogP contribution in [-0.2, 0) is 0 Å². The van der Waals surface area contributed by atoms with Crippen molar-refractivity contribution in [1.29, 1.82) is 15.9 Å². The average Bonchev–Trinajstić information content (AvgIpc) is 2.68.